The van der Waals surface area contributed by atoms with Crippen molar-refractivity contribution in [3.63, 3.8) is 0 Å². The summed E-state index contributed by atoms with van der Waals surface area (Å²) in [5.74, 6) is 0.972. The highest BCUT2D eigenvalue weighted by Crippen LogP contribution is 2.28. The van der Waals surface area contributed by atoms with Crippen LogP contribution in [0.15, 0.2) is 0 Å². The first-order valence-corrected chi connectivity index (χ1v) is 7.01. The minimum Gasteiger partial charge on any atom is -0.355 e. The first-order chi connectivity index (χ1) is 8.29. The fourth-order valence-electron chi connectivity index (χ4n) is 2.62. The third kappa shape index (κ3) is 4.28. The predicted molar refractivity (Wildman–Crippen MR) is 68.9 cm³/mol. The van der Waals surface area contributed by atoms with Gasteiger partial charge >= 0.3 is 0 Å². The molecule has 1 saturated heterocycles. The number of carbonyl (C=O) groups is 1. The smallest absolute Gasteiger partial charge is 0.234 e. The molecule has 0 aromatic rings. The van der Waals surface area contributed by atoms with Crippen LogP contribution in [-0.2, 0) is 4.79 Å². The molecule has 1 amide bonds. The van der Waals surface area contributed by atoms with E-state index in [9.17, 15) is 4.79 Å². The van der Waals surface area contributed by atoms with E-state index in [1.807, 2.05) is 6.92 Å². The molecule has 0 aromatic heterocycles. The van der Waals surface area contributed by atoms with Crippen molar-refractivity contribution < 1.29 is 4.79 Å². The van der Waals surface area contributed by atoms with Crippen LogP contribution >= 0.6 is 0 Å². The number of nitrogens with zero attached hydrogens (tertiary/aromatic N) is 1. The maximum atomic E-state index is 11.7. The Hall–Kier alpha value is -0.610. The molecule has 1 heterocycles. The highest BCUT2D eigenvalue weighted by molar-refractivity contribution is 5.78. The zero-order valence-corrected chi connectivity index (χ0v) is 10.9. The molecule has 0 atom stereocenters. The molecule has 98 valence electrons. The fourth-order valence-corrected chi connectivity index (χ4v) is 2.62. The Labute approximate surface area is 104 Å². The molecule has 0 aromatic carbocycles. The molecule has 1 saturated carbocycles. The Morgan fingerprint density at radius 2 is 2.00 bits per heavy atom. The minimum absolute atomic E-state index is 0.188. The van der Waals surface area contributed by atoms with Gasteiger partial charge in [0.05, 0.1) is 6.54 Å². The third-order valence-corrected chi connectivity index (χ3v) is 3.74. The second-order valence-electron chi connectivity index (χ2n) is 5.31. The maximum Gasteiger partial charge on any atom is 0.234 e. The lowest BCUT2D eigenvalue weighted by Crippen LogP contribution is -2.42. The van der Waals surface area contributed by atoms with Crippen LogP contribution < -0.4 is 10.6 Å². The normalized spacial score (nSPS) is 21.8. The molecule has 17 heavy (non-hydrogen) atoms. The number of carbonyl (C=O) groups excluding carboxylic acids is 1. The van der Waals surface area contributed by atoms with Crippen molar-refractivity contribution >= 4 is 5.91 Å². The van der Waals surface area contributed by atoms with Gasteiger partial charge in [-0.05, 0) is 51.6 Å². The summed E-state index contributed by atoms with van der Waals surface area (Å²) in [6.45, 7) is 6.72. The number of piperidine rings is 1. The van der Waals surface area contributed by atoms with Gasteiger partial charge in [-0.15, -0.1) is 0 Å². The van der Waals surface area contributed by atoms with E-state index < -0.39 is 0 Å². The van der Waals surface area contributed by atoms with E-state index in [0.29, 0.717) is 12.6 Å². The molecule has 0 spiro atoms. The number of amides is 1. The lowest BCUT2D eigenvalue weighted by atomic mass is 9.97. The van der Waals surface area contributed by atoms with E-state index in [1.54, 1.807) is 0 Å². The summed E-state index contributed by atoms with van der Waals surface area (Å²) in [5, 5.41) is 6.30. The largest absolute Gasteiger partial charge is 0.355 e. The van der Waals surface area contributed by atoms with Gasteiger partial charge in [-0.25, -0.2) is 0 Å². The average Bonchev–Trinajstić information content (AvgIpc) is 3.14. The highest BCUT2D eigenvalue weighted by atomic mass is 16.2. The summed E-state index contributed by atoms with van der Waals surface area (Å²) >= 11 is 0. The Morgan fingerprint density at radius 3 is 2.59 bits per heavy atom. The second kappa shape index (κ2) is 6.36. The van der Waals surface area contributed by atoms with Crippen LogP contribution in [0.1, 0.15) is 32.6 Å². The Balaban J connectivity index is 1.77. The van der Waals surface area contributed by atoms with Gasteiger partial charge in [0.15, 0.2) is 0 Å². The molecule has 4 heteroatoms. The first-order valence-electron chi connectivity index (χ1n) is 7.01. The van der Waals surface area contributed by atoms with Gasteiger partial charge in [0, 0.05) is 19.1 Å². The summed E-state index contributed by atoms with van der Waals surface area (Å²) in [5.41, 5.74) is 0. The van der Waals surface area contributed by atoms with Crippen molar-refractivity contribution in [2.45, 2.75) is 38.6 Å². The standard InChI is InChI=1S/C13H25N3O/c1-2-15-13(17)10-16(12-3-4-12)9-11-5-7-14-8-6-11/h11-12,14H,2-10H2,1H3,(H,15,17). The van der Waals surface area contributed by atoms with Gasteiger partial charge in [0.1, 0.15) is 0 Å². The number of hydrogen-bond acceptors (Lipinski definition) is 3. The molecule has 0 bridgehead atoms. The molecule has 1 aliphatic carbocycles. The van der Waals surface area contributed by atoms with Gasteiger partial charge in [-0.2, -0.15) is 0 Å². The Bertz CT molecular complexity index is 247. The van der Waals surface area contributed by atoms with E-state index >= 15 is 0 Å². The summed E-state index contributed by atoms with van der Waals surface area (Å²) in [6.07, 6.45) is 5.09. The van der Waals surface area contributed by atoms with Crippen LogP contribution in [0, 0.1) is 5.92 Å². The molecular weight excluding hydrogens is 214 g/mol. The van der Waals surface area contributed by atoms with Gasteiger partial charge in [0.2, 0.25) is 5.91 Å². The molecule has 2 aliphatic rings. The molecule has 2 fully saturated rings. The monoisotopic (exact) mass is 239 g/mol. The lowest BCUT2D eigenvalue weighted by Gasteiger charge is -2.29. The summed E-state index contributed by atoms with van der Waals surface area (Å²) in [6, 6.07) is 0.687. The van der Waals surface area contributed by atoms with Crippen LogP contribution in [0.5, 0.6) is 0 Å². The quantitative estimate of drug-likeness (QED) is 0.713. The average molecular weight is 239 g/mol. The summed E-state index contributed by atoms with van der Waals surface area (Å²) in [7, 11) is 0. The van der Waals surface area contributed by atoms with Crippen LogP contribution in [0.2, 0.25) is 0 Å². The first kappa shape index (κ1) is 12.8. The predicted octanol–water partition coefficient (Wildman–Crippen LogP) is 0.587. The third-order valence-electron chi connectivity index (χ3n) is 3.74. The van der Waals surface area contributed by atoms with E-state index in [0.717, 1.165) is 32.1 Å². The molecule has 0 unspecified atom stereocenters. The van der Waals surface area contributed by atoms with Crippen molar-refractivity contribution in [2.75, 3.05) is 32.7 Å². The molecule has 1 aliphatic heterocycles. The SMILES string of the molecule is CCNC(=O)CN(CC1CCNCC1)C1CC1. The fraction of sp³-hybridized carbons (Fsp3) is 0.923. The molecular formula is C13H25N3O. The topological polar surface area (TPSA) is 44.4 Å². The van der Waals surface area contributed by atoms with Crippen molar-refractivity contribution in [3.05, 3.63) is 0 Å². The van der Waals surface area contributed by atoms with Crippen LogP contribution in [0.25, 0.3) is 0 Å². The minimum atomic E-state index is 0.188. The van der Waals surface area contributed by atoms with Gasteiger partial charge < -0.3 is 10.6 Å². The van der Waals surface area contributed by atoms with Gasteiger partial charge in [-0.1, -0.05) is 0 Å². The van der Waals surface area contributed by atoms with Crippen LogP contribution in [-0.4, -0.2) is 49.6 Å². The van der Waals surface area contributed by atoms with Crippen molar-refractivity contribution in [1.82, 2.24) is 15.5 Å². The van der Waals surface area contributed by atoms with Gasteiger partial charge in [-0.3, -0.25) is 9.69 Å². The summed E-state index contributed by atoms with van der Waals surface area (Å²) < 4.78 is 0. The number of nitrogens with one attached hydrogen (secondary N) is 2. The molecule has 2 N–H and O–H groups in total. The van der Waals surface area contributed by atoms with Crippen molar-refractivity contribution in [2.24, 2.45) is 5.92 Å². The number of likely N-dealkylation sites (N-methyl/N-ethyl adjacent to an activating group) is 1. The van der Waals surface area contributed by atoms with Gasteiger partial charge in [0.25, 0.3) is 0 Å². The molecule has 0 radical (unpaired) electrons. The Kier molecular flexibility index (Phi) is 4.80. The van der Waals surface area contributed by atoms with Crippen molar-refractivity contribution in [3.8, 4) is 0 Å². The number of hydrogen-bond donors (Lipinski definition) is 2. The zero-order chi connectivity index (χ0) is 12.1. The molecule has 4 nitrogen and oxygen atoms in total. The van der Waals surface area contributed by atoms with E-state index in [4.69, 9.17) is 0 Å². The number of rotatable bonds is 6. The lowest BCUT2D eigenvalue weighted by molar-refractivity contribution is -0.122. The second-order valence-corrected chi connectivity index (χ2v) is 5.31. The molecule has 2 rings (SSSR count). The maximum absolute atomic E-state index is 11.7. The highest BCUT2D eigenvalue weighted by Gasteiger charge is 2.31. The van der Waals surface area contributed by atoms with Crippen molar-refractivity contribution in [1.29, 1.82) is 0 Å². The van der Waals surface area contributed by atoms with Crippen LogP contribution in [0.4, 0.5) is 0 Å². The summed E-state index contributed by atoms with van der Waals surface area (Å²) in [4.78, 5) is 14.1. The Morgan fingerprint density at radius 1 is 1.29 bits per heavy atom. The van der Waals surface area contributed by atoms with Crippen LogP contribution in [0.3, 0.4) is 0 Å². The van der Waals surface area contributed by atoms with E-state index in [2.05, 4.69) is 15.5 Å². The zero-order valence-electron chi connectivity index (χ0n) is 10.9. The van der Waals surface area contributed by atoms with E-state index in [-0.39, 0.29) is 5.91 Å². The van der Waals surface area contributed by atoms with E-state index in [1.165, 1.54) is 25.7 Å².